The summed E-state index contributed by atoms with van der Waals surface area (Å²) in [6, 6.07) is 7.62. The quantitative estimate of drug-likeness (QED) is 0.378. The number of carbonyl (C=O) groups is 1. The third kappa shape index (κ3) is 4.14. The molecule has 1 aromatic rings. The highest BCUT2D eigenvalue weighted by molar-refractivity contribution is 6.34. The zero-order valence-corrected chi connectivity index (χ0v) is 13.3. The zero-order chi connectivity index (χ0) is 16.7. The number of anilines is 1. The Kier molecular flexibility index (Phi) is 5.83. The van der Waals surface area contributed by atoms with Crippen LogP contribution in [0.3, 0.4) is 0 Å². The molecule has 2 rings (SSSR count). The van der Waals surface area contributed by atoms with E-state index in [4.69, 9.17) is 11.6 Å². The molecule has 0 spiro atoms. The van der Waals surface area contributed by atoms with Gasteiger partial charge in [0.2, 0.25) is 5.91 Å². The minimum Gasteiger partial charge on any atom is -0.323 e. The van der Waals surface area contributed by atoms with E-state index in [0.717, 1.165) is 22.4 Å². The molecule has 4 nitrogen and oxygen atoms in total. The van der Waals surface area contributed by atoms with Gasteiger partial charge in [0.05, 0.1) is 5.71 Å². The second-order valence-electron chi connectivity index (χ2n) is 4.61. The van der Waals surface area contributed by atoms with Crippen LogP contribution in [-0.4, -0.2) is 24.3 Å². The molecule has 0 unspecified atom stereocenters. The van der Waals surface area contributed by atoms with E-state index in [2.05, 4.69) is 28.6 Å². The van der Waals surface area contributed by atoms with E-state index in [1.54, 1.807) is 6.20 Å². The van der Waals surface area contributed by atoms with Crippen molar-refractivity contribution in [3.8, 4) is 0 Å². The van der Waals surface area contributed by atoms with Gasteiger partial charge in [-0.3, -0.25) is 14.8 Å². The summed E-state index contributed by atoms with van der Waals surface area (Å²) in [5.41, 5.74) is 4.06. The van der Waals surface area contributed by atoms with Crippen LogP contribution in [0.15, 0.2) is 76.9 Å². The maximum absolute atomic E-state index is 11.4. The first kappa shape index (κ1) is 16.6. The third-order valence-electron chi connectivity index (χ3n) is 3.14. The van der Waals surface area contributed by atoms with Crippen LogP contribution >= 0.6 is 11.6 Å². The largest absolute Gasteiger partial charge is 0.323 e. The number of hydrogen-bond donors (Lipinski definition) is 1. The van der Waals surface area contributed by atoms with E-state index in [0.29, 0.717) is 5.69 Å². The van der Waals surface area contributed by atoms with E-state index < -0.39 is 0 Å². The lowest BCUT2D eigenvalue weighted by Gasteiger charge is -2.16. The van der Waals surface area contributed by atoms with Crippen LogP contribution in [-0.2, 0) is 4.79 Å². The van der Waals surface area contributed by atoms with Gasteiger partial charge in [0.25, 0.3) is 0 Å². The zero-order valence-electron chi connectivity index (χ0n) is 12.5. The molecular formula is C18H16ClN3O. The molecule has 1 aliphatic rings. The molecule has 0 atom stereocenters. The van der Waals surface area contributed by atoms with E-state index >= 15 is 0 Å². The van der Waals surface area contributed by atoms with Crippen LogP contribution in [0.25, 0.3) is 5.57 Å². The number of hydrogen-bond acceptors (Lipinski definition) is 3. The van der Waals surface area contributed by atoms with Crippen LogP contribution in [0.4, 0.5) is 5.69 Å². The van der Waals surface area contributed by atoms with Crippen molar-refractivity contribution in [3.05, 3.63) is 72.5 Å². The van der Waals surface area contributed by atoms with Crippen molar-refractivity contribution in [1.29, 1.82) is 0 Å². The highest BCUT2D eigenvalue weighted by atomic mass is 35.5. The molecule has 0 bridgehead atoms. The number of allylic oxidation sites excluding steroid dienone is 5. The number of aliphatic imine (C=N–C) groups is 2. The second-order valence-corrected chi connectivity index (χ2v) is 4.85. The minimum atomic E-state index is -0.259. The Morgan fingerprint density at radius 1 is 1.39 bits per heavy atom. The second kappa shape index (κ2) is 8.06. The number of nitrogens with one attached hydrogen (secondary N) is 1. The molecule has 23 heavy (non-hydrogen) atoms. The topological polar surface area (TPSA) is 53.8 Å². The van der Waals surface area contributed by atoms with Gasteiger partial charge in [-0.15, -0.1) is 11.6 Å². The Morgan fingerprint density at radius 3 is 2.91 bits per heavy atom. The highest BCUT2D eigenvalue weighted by Gasteiger charge is 2.16. The van der Waals surface area contributed by atoms with Crippen LogP contribution in [0.5, 0.6) is 0 Å². The average molecular weight is 326 g/mol. The molecule has 0 fully saturated rings. The molecule has 0 aromatic heterocycles. The van der Waals surface area contributed by atoms with Gasteiger partial charge >= 0.3 is 0 Å². The van der Waals surface area contributed by atoms with Gasteiger partial charge < -0.3 is 5.32 Å². The van der Waals surface area contributed by atoms with Crippen LogP contribution in [0.1, 0.15) is 5.56 Å². The summed E-state index contributed by atoms with van der Waals surface area (Å²) in [6.07, 6.45) is 8.62. The number of halogens is 1. The van der Waals surface area contributed by atoms with Crippen LogP contribution < -0.4 is 5.32 Å². The maximum Gasteiger partial charge on any atom is 0.247 e. The minimum absolute atomic E-state index is 0.141. The Balaban J connectivity index is 2.43. The van der Waals surface area contributed by atoms with Gasteiger partial charge in [0, 0.05) is 23.0 Å². The number of alkyl halides is 1. The molecule has 0 heterocycles. The lowest BCUT2D eigenvalue weighted by atomic mass is 9.92. The SMILES string of the molecule is C=CC(=O)Nc1cccc(C2=CC=C/C(=C/N=C)C2=NCCl)c1. The molecule has 1 aliphatic carbocycles. The van der Waals surface area contributed by atoms with Gasteiger partial charge in [-0.25, -0.2) is 0 Å². The molecule has 0 radical (unpaired) electrons. The standard InChI is InChI=1S/C18H16ClN3O/c1-3-17(23)22-15-8-4-6-13(10-15)16-9-5-7-14(11-20-2)18(16)21-12-19/h3-11H,1-2,12H2,(H,22,23)/b14-11-,21-18?. The lowest BCUT2D eigenvalue weighted by molar-refractivity contribution is -0.111. The van der Waals surface area contributed by atoms with Crippen molar-refractivity contribution in [2.45, 2.75) is 0 Å². The van der Waals surface area contributed by atoms with E-state index in [1.165, 1.54) is 6.08 Å². The first-order valence-electron chi connectivity index (χ1n) is 6.89. The normalized spacial score (nSPS) is 17.0. The van der Waals surface area contributed by atoms with Crippen LogP contribution in [0, 0.1) is 0 Å². The molecule has 0 aliphatic heterocycles. The van der Waals surface area contributed by atoms with E-state index in [9.17, 15) is 4.79 Å². The fourth-order valence-electron chi connectivity index (χ4n) is 2.19. The van der Waals surface area contributed by atoms with Gasteiger partial charge in [0.1, 0.15) is 6.00 Å². The summed E-state index contributed by atoms with van der Waals surface area (Å²) in [4.78, 5) is 19.6. The van der Waals surface area contributed by atoms with Crippen molar-refractivity contribution in [3.63, 3.8) is 0 Å². The van der Waals surface area contributed by atoms with E-state index in [1.807, 2.05) is 42.5 Å². The van der Waals surface area contributed by atoms with Gasteiger partial charge in [-0.1, -0.05) is 36.9 Å². The fourth-order valence-corrected chi connectivity index (χ4v) is 2.31. The summed E-state index contributed by atoms with van der Waals surface area (Å²) >= 11 is 5.79. The molecule has 116 valence electrons. The molecule has 1 aromatic carbocycles. The summed E-state index contributed by atoms with van der Waals surface area (Å²) < 4.78 is 0. The maximum atomic E-state index is 11.4. The number of amides is 1. The Labute approximate surface area is 140 Å². The lowest BCUT2D eigenvalue weighted by Crippen LogP contribution is -2.10. The average Bonchev–Trinajstić information content (AvgIpc) is 2.57. The van der Waals surface area contributed by atoms with Crippen molar-refractivity contribution in [2.75, 3.05) is 11.3 Å². The fraction of sp³-hybridized carbons (Fsp3) is 0.0556. The predicted octanol–water partition coefficient (Wildman–Crippen LogP) is 3.99. The Morgan fingerprint density at radius 2 is 2.22 bits per heavy atom. The molecule has 0 saturated heterocycles. The molecule has 1 amide bonds. The summed E-state index contributed by atoms with van der Waals surface area (Å²) in [5, 5.41) is 2.74. The Bertz CT molecular complexity index is 757. The van der Waals surface area contributed by atoms with Crippen molar-refractivity contribution >= 4 is 41.2 Å². The number of rotatable bonds is 5. The summed E-state index contributed by atoms with van der Waals surface area (Å²) in [6.45, 7) is 6.92. The smallest absolute Gasteiger partial charge is 0.247 e. The molecule has 1 N–H and O–H groups in total. The summed E-state index contributed by atoms with van der Waals surface area (Å²) in [5.74, 6) is -0.259. The number of carbonyl (C=O) groups excluding carboxylic acids is 1. The monoisotopic (exact) mass is 325 g/mol. The highest BCUT2D eigenvalue weighted by Crippen LogP contribution is 2.27. The van der Waals surface area contributed by atoms with E-state index in [-0.39, 0.29) is 11.9 Å². The molecule has 5 heteroatoms. The molecular weight excluding hydrogens is 310 g/mol. The van der Waals surface area contributed by atoms with Crippen molar-refractivity contribution in [2.24, 2.45) is 9.98 Å². The summed E-state index contributed by atoms with van der Waals surface area (Å²) in [7, 11) is 0. The first-order valence-corrected chi connectivity index (χ1v) is 7.42. The first-order chi connectivity index (χ1) is 11.2. The third-order valence-corrected chi connectivity index (χ3v) is 3.26. The molecule has 0 saturated carbocycles. The number of nitrogens with zero attached hydrogens (tertiary/aromatic N) is 2. The van der Waals surface area contributed by atoms with Crippen molar-refractivity contribution in [1.82, 2.24) is 0 Å². The van der Waals surface area contributed by atoms with Gasteiger partial charge in [0.15, 0.2) is 0 Å². The van der Waals surface area contributed by atoms with Gasteiger partial charge in [-0.05, 0) is 30.5 Å². The Hall–Kier alpha value is -2.72. The van der Waals surface area contributed by atoms with Gasteiger partial charge in [-0.2, -0.15) is 0 Å². The number of benzene rings is 1. The van der Waals surface area contributed by atoms with Crippen LogP contribution in [0.2, 0.25) is 0 Å². The van der Waals surface area contributed by atoms with Crippen molar-refractivity contribution < 1.29 is 4.79 Å². The predicted molar refractivity (Wildman–Crippen MR) is 98.2 cm³/mol.